The first-order chi connectivity index (χ1) is 5.24. The van der Waals surface area contributed by atoms with Crippen molar-refractivity contribution in [1.82, 2.24) is 0 Å². The van der Waals surface area contributed by atoms with Crippen LogP contribution in [0.1, 0.15) is 10.4 Å². The number of hydrogen-bond acceptors (Lipinski definition) is 2. The zero-order chi connectivity index (χ0) is 8.27. The predicted octanol–water partition coefficient (Wildman–Crippen LogP) is 0.383. The van der Waals surface area contributed by atoms with Crippen LogP contribution in [0.25, 0.3) is 0 Å². The second-order valence-electron chi connectivity index (χ2n) is 1.99. The van der Waals surface area contributed by atoms with Crippen molar-refractivity contribution >= 4 is 12.1 Å². The van der Waals surface area contributed by atoms with Crippen LogP contribution in [0, 0.1) is 5.82 Å². The summed E-state index contributed by atoms with van der Waals surface area (Å²) in [4.78, 5) is 20.6. The molecule has 1 aromatic carbocycles. The molecule has 0 aliphatic rings. The third-order valence-corrected chi connectivity index (χ3v) is 1.24. The molecule has 0 spiro atoms. The zero-order valence-electron chi connectivity index (χ0n) is 6.08. The highest BCUT2D eigenvalue weighted by atomic mass is 19.1. The molecule has 0 atom stereocenters. The predicted molar refractivity (Wildman–Crippen MR) is 40.4 cm³/mol. The van der Waals surface area contributed by atoms with Crippen molar-refractivity contribution < 1.29 is 19.5 Å². The van der Waals surface area contributed by atoms with Crippen molar-refractivity contribution in [2.45, 2.75) is 0 Å². The normalized spacial score (nSPS) is 8.42. The van der Waals surface area contributed by atoms with Crippen molar-refractivity contribution in [3.63, 3.8) is 0 Å². The monoisotopic (exact) mass is 170 g/mol. The van der Waals surface area contributed by atoms with E-state index in [1.165, 1.54) is 12.1 Å². The lowest BCUT2D eigenvalue weighted by Gasteiger charge is -1.91. The van der Waals surface area contributed by atoms with E-state index in [9.17, 15) is 14.0 Å². The lowest BCUT2D eigenvalue weighted by molar-refractivity contribution is -0.104. The number of rotatable bonds is 2. The summed E-state index contributed by atoms with van der Waals surface area (Å²) in [6.45, 7) is 0. The Labute approximate surface area is 68.1 Å². The molecule has 0 saturated heterocycles. The molecule has 0 saturated carbocycles. The molecule has 4 heteroatoms. The highest BCUT2D eigenvalue weighted by Crippen LogP contribution is 2.01. The number of carbonyl (C=O) groups excluding carboxylic acids is 2. The molecular formula is C8H7FO3. The average Bonchev–Trinajstić information content (AvgIpc) is 2.05. The Kier molecular flexibility index (Phi) is 3.79. The Hall–Kier alpha value is -1.55. The Morgan fingerprint density at radius 1 is 1.25 bits per heavy atom. The molecule has 0 unspecified atom stereocenters. The number of Topliss-reactive ketones (excluding diaryl/α,β-unsaturated/α-hetero) is 1. The van der Waals surface area contributed by atoms with Crippen LogP contribution < -0.4 is 0 Å². The van der Waals surface area contributed by atoms with E-state index >= 15 is 0 Å². The maximum Gasteiger partial charge on any atom is 0.225 e. The first kappa shape index (κ1) is 10.4. The molecule has 1 aromatic rings. The minimum absolute atomic E-state index is 0. The minimum atomic E-state index is -0.634. The number of benzene rings is 1. The van der Waals surface area contributed by atoms with Crippen molar-refractivity contribution in [3.05, 3.63) is 35.6 Å². The third kappa shape index (κ3) is 2.25. The van der Waals surface area contributed by atoms with Crippen LogP contribution in [0.15, 0.2) is 24.3 Å². The molecule has 12 heavy (non-hydrogen) atoms. The zero-order valence-corrected chi connectivity index (χ0v) is 6.08. The molecule has 0 aliphatic carbocycles. The number of carbonyl (C=O) groups is 2. The largest absolute Gasteiger partial charge is 0.412 e. The Balaban J connectivity index is 0.00000121. The van der Waals surface area contributed by atoms with Crippen LogP contribution in [0.5, 0.6) is 0 Å². The van der Waals surface area contributed by atoms with Gasteiger partial charge >= 0.3 is 0 Å². The molecule has 2 N–H and O–H groups in total. The van der Waals surface area contributed by atoms with Gasteiger partial charge in [0.25, 0.3) is 0 Å². The number of ketones is 1. The van der Waals surface area contributed by atoms with Gasteiger partial charge in [-0.2, -0.15) is 0 Å². The smallest absolute Gasteiger partial charge is 0.225 e. The second-order valence-corrected chi connectivity index (χ2v) is 1.99. The van der Waals surface area contributed by atoms with Gasteiger partial charge in [0.05, 0.1) is 0 Å². The maximum absolute atomic E-state index is 12.3. The molecule has 3 nitrogen and oxygen atoms in total. The highest BCUT2D eigenvalue weighted by molar-refractivity contribution is 6.33. The molecule has 0 radical (unpaired) electrons. The number of halogens is 1. The van der Waals surface area contributed by atoms with Gasteiger partial charge in [-0.15, -0.1) is 0 Å². The number of hydrogen-bond donors (Lipinski definition) is 0. The number of aldehydes is 1. The van der Waals surface area contributed by atoms with Crippen LogP contribution in [0.3, 0.4) is 0 Å². The van der Waals surface area contributed by atoms with Gasteiger partial charge in [0.15, 0.2) is 6.29 Å². The molecule has 0 aromatic heterocycles. The standard InChI is InChI=1S/C8H5FO2.H2O/c9-7-3-1-6(2-4-7)8(11)5-10;/h1-5H;1H2. The van der Waals surface area contributed by atoms with Crippen LogP contribution in [-0.2, 0) is 4.79 Å². The van der Waals surface area contributed by atoms with E-state index < -0.39 is 11.6 Å². The van der Waals surface area contributed by atoms with Gasteiger partial charge in [0.1, 0.15) is 5.82 Å². The van der Waals surface area contributed by atoms with Crippen LogP contribution in [0.2, 0.25) is 0 Å². The minimum Gasteiger partial charge on any atom is -0.412 e. The molecule has 0 amide bonds. The summed E-state index contributed by atoms with van der Waals surface area (Å²) in [6.07, 6.45) is 0.202. The summed E-state index contributed by atoms with van der Waals surface area (Å²) < 4.78 is 12.3. The fraction of sp³-hybridized carbons (Fsp3) is 0. The van der Waals surface area contributed by atoms with Crippen LogP contribution in [-0.4, -0.2) is 17.5 Å². The third-order valence-electron chi connectivity index (χ3n) is 1.24. The topological polar surface area (TPSA) is 65.6 Å². The average molecular weight is 170 g/mol. The molecule has 0 heterocycles. The first-order valence-electron chi connectivity index (χ1n) is 2.99. The van der Waals surface area contributed by atoms with E-state index in [0.29, 0.717) is 0 Å². The van der Waals surface area contributed by atoms with Gasteiger partial charge in [-0.05, 0) is 24.3 Å². The maximum atomic E-state index is 12.3. The quantitative estimate of drug-likeness (QED) is 0.366. The SMILES string of the molecule is O.O=CC(=O)c1ccc(F)cc1. The molecule has 0 fully saturated rings. The molecule has 0 aliphatic heterocycles. The summed E-state index contributed by atoms with van der Waals surface area (Å²) >= 11 is 0. The van der Waals surface area contributed by atoms with Crippen molar-refractivity contribution in [2.24, 2.45) is 0 Å². The van der Waals surface area contributed by atoms with Crippen molar-refractivity contribution in [2.75, 3.05) is 0 Å². The summed E-state index contributed by atoms with van der Waals surface area (Å²) in [6, 6.07) is 4.81. The van der Waals surface area contributed by atoms with E-state index in [1.54, 1.807) is 0 Å². The van der Waals surface area contributed by atoms with Gasteiger partial charge in [-0.25, -0.2) is 4.39 Å². The lowest BCUT2D eigenvalue weighted by Crippen LogP contribution is -1.98. The molecule has 0 bridgehead atoms. The van der Waals surface area contributed by atoms with Crippen LogP contribution >= 0.6 is 0 Å². The van der Waals surface area contributed by atoms with E-state index in [2.05, 4.69) is 0 Å². The van der Waals surface area contributed by atoms with E-state index in [4.69, 9.17) is 0 Å². The van der Waals surface area contributed by atoms with E-state index in [-0.39, 0.29) is 17.3 Å². The van der Waals surface area contributed by atoms with Crippen molar-refractivity contribution in [1.29, 1.82) is 0 Å². The summed E-state index contributed by atoms with van der Waals surface area (Å²) in [5, 5.41) is 0. The first-order valence-corrected chi connectivity index (χ1v) is 2.99. The van der Waals surface area contributed by atoms with Crippen molar-refractivity contribution in [3.8, 4) is 0 Å². The van der Waals surface area contributed by atoms with Gasteiger partial charge in [0.2, 0.25) is 5.78 Å². The summed E-state index contributed by atoms with van der Waals surface area (Å²) in [7, 11) is 0. The molecular weight excluding hydrogens is 163 g/mol. The Morgan fingerprint density at radius 2 is 1.75 bits per heavy atom. The Bertz CT molecular complexity index is 279. The fourth-order valence-corrected chi connectivity index (χ4v) is 0.682. The van der Waals surface area contributed by atoms with E-state index in [0.717, 1.165) is 12.1 Å². The summed E-state index contributed by atoms with van der Waals surface area (Å²) in [5.41, 5.74) is 0.210. The highest BCUT2D eigenvalue weighted by Gasteiger charge is 2.01. The molecule has 64 valence electrons. The second kappa shape index (κ2) is 4.35. The van der Waals surface area contributed by atoms with Gasteiger partial charge < -0.3 is 5.48 Å². The molecule has 1 rings (SSSR count). The van der Waals surface area contributed by atoms with E-state index in [1.807, 2.05) is 0 Å². The van der Waals surface area contributed by atoms with Crippen LogP contribution in [0.4, 0.5) is 4.39 Å². The Morgan fingerprint density at radius 3 is 2.17 bits per heavy atom. The van der Waals surface area contributed by atoms with Gasteiger partial charge in [0, 0.05) is 5.56 Å². The lowest BCUT2D eigenvalue weighted by atomic mass is 10.1. The fourth-order valence-electron chi connectivity index (χ4n) is 0.682. The van der Waals surface area contributed by atoms with Gasteiger partial charge in [-0.1, -0.05) is 0 Å². The van der Waals surface area contributed by atoms with Gasteiger partial charge in [-0.3, -0.25) is 9.59 Å². The summed E-state index contributed by atoms with van der Waals surface area (Å²) in [5.74, 6) is -1.06.